The van der Waals surface area contributed by atoms with E-state index in [1.54, 1.807) is 0 Å². The summed E-state index contributed by atoms with van der Waals surface area (Å²) in [5, 5.41) is 0. The Bertz CT molecular complexity index is 229. The van der Waals surface area contributed by atoms with Crippen LogP contribution >= 0.6 is 12.4 Å². The highest BCUT2D eigenvalue weighted by Crippen LogP contribution is 2.30. The quantitative estimate of drug-likeness (QED) is 0.766. The standard InChI is InChI=1S/C13H26N2O.ClH/c1-4-7-15(9-11-5-6-11)13(16)12(14)8-10(2)3;/h10-12H,4-9,14H2,1-3H3;1H. The van der Waals surface area contributed by atoms with Gasteiger partial charge in [-0.25, -0.2) is 0 Å². The molecule has 0 aromatic heterocycles. The molecule has 102 valence electrons. The fraction of sp³-hybridized carbons (Fsp3) is 0.923. The zero-order chi connectivity index (χ0) is 12.1. The van der Waals surface area contributed by atoms with Crippen molar-refractivity contribution in [1.29, 1.82) is 0 Å². The van der Waals surface area contributed by atoms with Gasteiger partial charge in [0.05, 0.1) is 6.04 Å². The van der Waals surface area contributed by atoms with Crippen LogP contribution in [-0.4, -0.2) is 29.9 Å². The molecule has 1 unspecified atom stereocenters. The van der Waals surface area contributed by atoms with Crippen molar-refractivity contribution in [3.05, 3.63) is 0 Å². The minimum atomic E-state index is -0.301. The lowest BCUT2D eigenvalue weighted by atomic mass is 10.0. The van der Waals surface area contributed by atoms with E-state index in [0.29, 0.717) is 5.92 Å². The van der Waals surface area contributed by atoms with Crippen molar-refractivity contribution in [2.45, 2.75) is 52.5 Å². The second-order valence-electron chi connectivity index (χ2n) is 5.46. The van der Waals surface area contributed by atoms with Gasteiger partial charge < -0.3 is 10.6 Å². The van der Waals surface area contributed by atoms with Gasteiger partial charge in [-0.1, -0.05) is 20.8 Å². The maximum absolute atomic E-state index is 12.1. The van der Waals surface area contributed by atoms with Crippen LogP contribution in [-0.2, 0) is 4.79 Å². The highest BCUT2D eigenvalue weighted by Gasteiger charge is 2.28. The molecule has 17 heavy (non-hydrogen) atoms. The summed E-state index contributed by atoms with van der Waals surface area (Å²) in [6, 6.07) is -0.301. The van der Waals surface area contributed by atoms with Gasteiger partial charge in [-0.15, -0.1) is 12.4 Å². The Hall–Kier alpha value is -0.280. The van der Waals surface area contributed by atoms with E-state index in [1.165, 1.54) is 12.8 Å². The maximum Gasteiger partial charge on any atom is 0.239 e. The summed E-state index contributed by atoms with van der Waals surface area (Å²) in [5.41, 5.74) is 5.95. The van der Waals surface area contributed by atoms with Crippen LogP contribution in [0.25, 0.3) is 0 Å². The van der Waals surface area contributed by atoms with Gasteiger partial charge in [0.25, 0.3) is 0 Å². The molecule has 0 spiro atoms. The monoisotopic (exact) mass is 262 g/mol. The molecule has 1 amide bonds. The van der Waals surface area contributed by atoms with E-state index in [-0.39, 0.29) is 24.4 Å². The Labute approximate surface area is 112 Å². The smallest absolute Gasteiger partial charge is 0.239 e. The fourth-order valence-electron chi connectivity index (χ4n) is 2.02. The SMILES string of the molecule is CCCN(CC1CC1)C(=O)C(N)CC(C)C.Cl. The normalized spacial score (nSPS) is 16.5. The average Bonchev–Trinajstić information content (AvgIpc) is 2.99. The Morgan fingerprint density at radius 3 is 2.41 bits per heavy atom. The molecule has 2 N–H and O–H groups in total. The lowest BCUT2D eigenvalue weighted by molar-refractivity contribution is -0.133. The summed E-state index contributed by atoms with van der Waals surface area (Å²) in [4.78, 5) is 14.1. The van der Waals surface area contributed by atoms with Crippen LogP contribution in [0.3, 0.4) is 0 Å². The number of hydrogen-bond donors (Lipinski definition) is 1. The minimum Gasteiger partial charge on any atom is -0.341 e. The predicted molar refractivity (Wildman–Crippen MR) is 74.3 cm³/mol. The van der Waals surface area contributed by atoms with Crippen LogP contribution in [0.1, 0.15) is 46.5 Å². The Balaban J connectivity index is 0.00000256. The summed E-state index contributed by atoms with van der Waals surface area (Å²) in [7, 11) is 0. The van der Waals surface area contributed by atoms with Crippen LogP contribution in [0.15, 0.2) is 0 Å². The number of carbonyl (C=O) groups is 1. The fourth-order valence-corrected chi connectivity index (χ4v) is 2.02. The number of nitrogens with two attached hydrogens (primary N) is 1. The first kappa shape index (κ1) is 16.7. The number of rotatable bonds is 7. The third kappa shape index (κ3) is 6.27. The van der Waals surface area contributed by atoms with Crippen LogP contribution in [0, 0.1) is 11.8 Å². The molecule has 1 rings (SSSR count). The van der Waals surface area contributed by atoms with E-state index in [2.05, 4.69) is 20.8 Å². The number of halogens is 1. The van der Waals surface area contributed by atoms with Gasteiger partial charge in [0.1, 0.15) is 0 Å². The molecule has 1 aliphatic rings. The van der Waals surface area contributed by atoms with Gasteiger partial charge in [-0.2, -0.15) is 0 Å². The van der Waals surface area contributed by atoms with Gasteiger partial charge in [0.2, 0.25) is 5.91 Å². The van der Waals surface area contributed by atoms with Crippen LogP contribution < -0.4 is 5.73 Å². The van der Waals surface area contributed by atoms with E-state index >= 15 is 0 Å². The first-order valence-corrected chi connectivity index (χ1v) is 6.59. The van der Waals surface area contributed by atoms with Crippen LogP contribution in [0.4, 0.5) is 0 Å². The zero-order valence-corrected chi connectivity index (χ0v) is 12.1. The van der Waals surface area contributed by atoms with Crippen molar-refractivity contribution in [2.75, 3.05) is 13.1 Å². The molecule has 1 aliphatic carbocycles. The van der Waals surface area contributed by atoms with Crippen molar-refractivity contribution >= 4 is 18.3 Å². The van der Waals surface area contributed by atoms with Crippen LogP contribution in [0.5, 0.6) is 0 Å². The number of amides is 1. The van der Waals surface area contributed by atoms with E-state index in [1.807, 2.05) is 4.90 Å². The maximum atomic E-state index is 12.1. The summed E-state index contributed by atoms with van der Waals surface area (Å²) in [6.45, 7) is 8.12. The lowest BCUT2D eigenvalue weighted by Crippen LogP contribution is -2.45. The van der Waals surface area contributed by atoms with Crippen molar-refractivity contribution < 1.29 is 4.79 Å². The zero-order valence-electron chi connectivity index (χ0n) is 11.3. The second kappa shape index (κ2) is 7.93. The van der Waals surface area contributed by atoms with Gasteiger partial charge in [-0.3, -0.25) is 4.79 Å². The summed E-state index contributed by atoms with van der Waals surface area (Å²) in [5.74, 6) is 1.40. The Kier molecular flexibility index (Phi) is 7.80. The summed E-state index contributed by atoms with van der Waals surface area (Å²) < 4.78 is 0. The third-order valence-electron chi connectivity index (χ3n) is 3.02. The first-order chi connectivity index (χ1) is 7.54. The molecule has 0 aliphatic heterocycles. The molecule has 0 aromatic carbocycles. The number of nitrogens with zero attached hydrogens (tertiary/aromatic N) is 1. The van der Waals surface area contributed by atoms with Crippen molar-refractivity contribution in [1.82, 2.24) is 4.90 Å². The highest BCUT2D eigenvalue weighted by atomic mass is 35.5. The highest BCUT2D eigenvalue weighted by molar-refractivity contribution is 5.85. The molecule has 0 bridgehead atoms. The Morgan fingerprint density at radius 2 is 2.00 bits per heavy atom. The van der Waals surface area contributed by atoms with E-state index in [9.17, 15) is 4.79 Å². The van der Waals surface area contributed by atoms with Gasteiger partial charge in [-0.05, 0) is 37.5 Å². The van der Waals surface area contributed by atoms with E-state index in [0.717, 1.165) is 31.8 Å². The third-order valence-corrected chi connectivity index (χ3v) is 3.02. The first-order valence-electron chi connectivity index (χ1n) is 6.59. The molecule has 3 nitrogen and oxygen atoms in total. The molecule has 4 heteroatoms. The molecular formula is C13H27ClN2O. The largest absolute Gasteiger partial charge is 0.341 e. The second-order valence-corrected chi connectivity index (χ2v) is 5.46. The van der Waals surface area contributed by atoms with Gasteiger partial charge in [0, 0.05) is 13.1 Å². The molecule has 0 saturated heterocycles. The molecule has 1 fully saturated rings. The molecule has 1 atom stereocenters. The van der Waals surface area contributed by atoms with Crippen molar-refractivity contribution in [3.8, 4) is 0 Å². The molecule has 1 saturated carbocycles. The molecule has 0 aromatic rings. The lowest BCUT2D eigenvalue weighted by Gasteiger charge is -2.26. The minimum absolute atomic E-state index is 0. The van der Waals surface area contributed by atoms with E-state index in [4.69, 9.17) is 5.73 Å². The van der Waals surface area contributed by atoms with Gasteiger partial charge >= 0.3 is 0 Å². The molecule has 0 radical (unpaired) electrons. The topological polar surface area (TPSA) is 46.3 Å². The van der Waals surface area contributed by atoms with E-state index < -0.39 is 0 Å². The average molecular weight is 263 g/mol. The van der Waals surface area contributed by atoms with Crippen LogP contribution in [0.2, 0.25) is 0 Å². The molecular weight excluding hydrogens is 236 g/mol. The van der Waals surface area contributed by atoms with Gasteiger partial charge in [0.15, 0.2) is 0 Å². The Morgan fingerprint density at radius 1 is 1.41 bits per heavy atom. The van der Waals surface area contributed by atoms with Crippen molar-refractivity contribution in [2.24, 2.45) is 17.6 Å². The molecule has 0 heterocycles. The summed E-state index contributed by atoms with van der Waals surface area (Å²) in [6.07, 6.45) is 4.39. The van der Waals surface area contributed by atoms with Crippen molar-refractivity contribution in [3.63, 3.8) is 0 Å². The summed E-state index contributed by atoms with van der Waals surface area (Å²) >= 11 is 0. The number of carbonyl (C=O) groups excluding carboxylic acids is 1. The number of hydrogen-bond acceptors (Lipinski definition) is 2. The predicted octanol–water partition coefficient (Wildman–Crippen LogP) is 2.43.